The van der Waals surface area contributed by atoms with Gasteiger partial charge in [0.2, 0.25) is 0 Å². The van der Waals surface area contributed by atoms with Gasteiger partial charge in [0.25, 0.3) is 11.6 Å². The number of hydrogen-bond acceptors (Lipinski definition) is 5. The van der Waals surface area contributed by atoms with E-state index in [-0.39, 0.29) is 28.4 Å². The van der Waals surface area contributed by atoms with Gasteiger partial charge < -0.3 is 15.2 Å². The van der Waals surface area contributed by atoms with Crippen LogP contribution in [0.25, 0.3) is 0 Å². The van der Waals surface area contributed by atoms with Crippen molar-refractivity contribution < 1.29 is 24.4 Å². The molecule has 3 aromatic rings. The molecular formula is C20H14N2O6. The lowest BCUT2D eigenvalue weighted by atomic mass is 10.1. The molecule has 0 bridgehead atoms. The van der Waals surface area contributed by atoms with Gasteiger partial charge in [0, 0.05) is 17.7 Å². The average Bonchev–Trinajstić information content (AvgIpc) is 2.69. The minimum absolute atomic E-state index is 0.0456. The molecule has 3 aromatic carbocycles. The molecule has 140 valence electrons. The lowest BCUT2D eigenvalue weighted by molar-refractivity contribution is -0.384. The minimum atomic E-state index is -1.22. The van der Waals surface area contributed by atoms with Gasteiger partial charge in [0.05, 0.1) is 22.2 Å². The smallest absolute Gasteiger partial charge is 0.337 e. The van der Waals surface area contributed by atoms with Crippen molar-refractivity contribution in [3.63, 3.8) is 0 Å². The zero-order valence-electron chi connectivity index (χ0n) is 14.4. The van der Waals surface area contributed by atoms with E-state index in [2.05, 4.69) is 5.32 Å². The fourth-order valence-electron chi connectivity index (χ4n) is 2.46. The van der Waals surface area contributed by atoms with E-state index in [1.54, 1.807) is 30.3 Å². The summed E-state index contributed by atoms with van der Waals surface area (Å²) in [4.78, 5) is 34.1. The van der Waals surface area contributed by atoms with Gasteiger partial charge in [-0.2, -0.15) is 0 Å². The normalized spacial score (nSPS) is 10.1. The number of nitrogens with zero attached hydrogens (tertiary/aromatic N) is 1. The number of benzene rings is 3. The average molecular weight is 378 g/mol. The Morgan fingerprint density at radius 2 is 1.64 bits per heavy atom. The monoisotopic (exact) mass is 378 g/mol. The number of carboxylic acids is 1. The van der Waals surface area contributed by atoms with Crippen LogP contribution in [0.3, 0.4) is 0 Å². The van der Waals surface area contributed by atoms with Crippen molar-refractivity contribution in [1.29, 1.82) is 0 Å². The van der Waals surface area contributed by atoms with Gasteiger partial charge in [0.1, 0.15) is 11.5 Å². The molecule has 0 aliphatic heterocycles. The van der Waals surface area contributed by atoms with Gasteiger partial charge >= 0.3 is 5.97 Å². The molecule has 8 heteroatoms. The van der Waals surface area contributed by atoms with Gasteiger partial charge in [0.15, 0.2) is 0 Å². The molecule has 3 rings (SSSR count). The van der Waals surface area contributed by atoms with Crippen LogP contribution in [0.1, 0.15) is 20.7 Å². The maximum atomic E-state index is 12.4. The van der Waals surface area contributed by atoms with Crippen LogP contribution in [0.15, 0.2) is 72.8 Å². The van der Waals surface area contributed by atoms with E-state index < -0.39 is 16.8 Å². The van der Waals surface area contributed by atoms with Crippen molar-refractivity contribution >= 4 is 23.3 Å². The van der Waals surface area contributed by atoms with E-state index >= 15 is 0 Å². The highest BCUT2D eigenvalue weighted by atomic mass is 16.6. The van der Waals surface area contributed by atoms with Gasteiger partial charge in [-0.15, -0.1) is 0 Å². The number of amides is 1. The SMILES string of the molecule is O=C(Nc1cc(Oc2cccc([N+](=O)[O-])c2)ccc1C(=O)O)c1ccccc1. The molecule has 0 aromatic heterocycles. The van der Waals surface area contributed by atoms with E-state index in [1.807, 2.05) is 0 Å². The molecule has 0 saturated carbocycles. The number of ether oxygens (including phenoxy) is 1. The molecule has 0 radical (unpaired) electrons. The topological polar surface area (TPSA) is 119 Å². The number of nitro benzene ring substituents is 1. The van der Waals surface area contributed by atoms with Crippen molar-refractivity contribution in [2.24, 2.45) is 0 Å². The number of nitro groups is 1. The number of nitrogens with one attached hydrogen (secondary N) is 1. The van der Waals surface area contributed by atoms with Crippen molar-refractivity contribution in [2.75, 3.05) is 5.32 Å². The van der Waals surface area contributed by atoms with E-state index in [9.17, 15) is 24.8 Å². The second-order valence-corrected chi connectivity index (χ2v) is 5.69. The highest BCUT2D eigenvalue weighted by molar-refractivity contribution is 6.07. The number of anilines is 1. The number of carbonyl (C=O) groups excluding carboxylic acids is 1. The molecular weight excluding hydrogens is 364 g/mol. The number of carboxylic acid groups (broad SMARTS) is 1. The molecule has 0 atom stereocenters. The number of rotatable bonds is 6. The molecule has 1 amide bonds. The van der Waals surface area contributed by atoms with Crippen LogP contribution in [0.4, 0.5) is 11.4 Å². The summed E-state index contributed by atoms with van der Waals surface area (Å²) in [6.07, 6.45) is 0. The predicted molar refractivity (Wildman–Crippen MR) is 101 cm³/mol. The maximum Gasteiger partial charge on any atom is 0.337 e. The third-order valence-electron chi connectivity index (χ3n) is 3.77. The van der Waals surface area contributed by atoms with Crippen molar-refractivity contribution in [2.45, 2.75) is 0 Å². The molecule has 8 nitrogen and oxygen atoms in total. The Bertz CT molecular complexity index is 1050. The quantitative estimate of drug-likeness (QED) is 0.486. The van der Waals surface area contributed by atoms with Crippen molar-refractivity contribution in [3.05, 3.63) is 94.0 Å². The van der Waals surface area contributed by atoms with Crippen molar-refractivity contribution in [1.82, 2.24) is 0 Å². The summed E-state index contributed by atoms with van der Waals surface area (Å²) in [5.74, 6) is -1.27. The summed E-state index contributed by atoms with van der Waals surface area (Å²) in [6, 6.07) is 17.9. The van der Waals surface area contributed by atoms with E-state index in [4.69, 9.17) is 4.74 Å². The molecule has 0 aliphatic carbocycles. The first-order valence-electron chi connectivity index (χ1n) is 8.10. The minimum Gasteiger partial charge on any atom is -0.478 e. The zero-order chi connectivity index (χ0) is 20.1. The fourth-order valence-corrected chi connectivity index (χ4v) is 2.46. The van der Waals surface area contributed by atoms with Gasteiger partial charge in [-0.1, -0.05) is 24.3 Å². The fraction of sp³-hybridized carbons (Fsp3) is 0. The molecule has 0 saturated heterocycles. The van der Waals surface area contributed by atoms with Crippen LogP contribution in [-0.2, 0) is 0 Å². The summed E-state index contributed by atoms with van der Waals surface area (Å²) in [6.45, 7) is 0. The van der Waals surface area contributed by atoms with E-state index in [0.717, 1.165) is 0 Å². The van der Waals surface area contributed by atoms with E-state index in [0.29, 0.717) is 5.56 Å². The molecule has 0 unspecified atom stereocenters. The molecule has 0 heterocycles. The highest BCUT2D eigenvalue weighted by Crippen LogP contribution is 2.29. The molecule has 0 aliphatic rings. The molecule has 0 fully saturated rings. The third kappa shape index (κ3) is 4.31. The third-order valence-corrected chi connectivity index (χ3v) is 3.77. The number of aromatic carboxylic acids is 1. The Morgan fingerprint density at radius 3 is 2.32 bits per heavy atom. The Labute approximate surface area is 159 Å². The van der Waals surface area contributed by atoms with Crippen LogP contribution in [-0.4, -0.2) is 21.9 Å². The number of non-ortho nitro benzene ring substituents is 1. The summed E-state index contributed by atoms with van der Waals surface area (Å²) < 4.78 is 5.58. The number of carbonyl (C=O) groups is 2. The van der Waals surface area contributed by atoms with Crippen LogP contribution < -0.4 is 10.1 Å². The standard InChI is InChI=1S/C20H14N2O6/c23-19(13-5-2-1-3-6-13)21-18-12-16(9-10-17(18)20(24)25)28-15-8-4-7-14(11-15)22(26)27/h1-12H,(H,21,23)(H,24,25). The Balaban J connectivity index is 1.89. The second-order valence-electron chi connectivity index (χ2n) is 5.69. The molecule has 0 spiro atoms. The van der Waals surface area contributed by atoms with Crippen LogP contribution >= 0.6 is 0 Å². The maximum absolute atomic E-state index is 12.4. The first-order valence-corrected chi connectivity index (χ1v) is 8.10. The predicted octanol–water partition coefficient (Wildman–Crippen LogP) is 4.34. The van der Waals surface area contributed by atoms with Gasteiger partial charge in [-0.25, -0.2) is 4.79 Å². The Hall–Kier alpha value is -4.20. The van der Waals surface area contributed by atoms with Crippen molar-refractivity contribution in [3.8, 4) is 11.5 Å². The summed E-state index contributed by atoms with van der Waals surface area (Å²) in [5, 5.41) is 22.8. The second kappa shape index (κ2) is 8.00. The highest BCUT2D eigenvalue weighted by Gasteiger charge is 2.15. The first kappa shape index (κ1) is 18.6. The largest absolute Gasteiger partial charge is 0.478 e. The lowest BCUT2D eigenvalue weighted by Gasteiger charge is -2.12. The Morgan fingerprint density at radius 1 is 0.929 bits per heavy atom. The summed E-state index contributed by atoms with van der Waals surface area (Å²) in [7, 11) is 0. The first-order chi connectivity index (χ1) is 13.4. The number of hydrogen-bond donors (Lipinski definition) is 2. The van der Waals surface area contributed by atoms with Gasteiger partial charge in [-0.3, -0.25) is 14.9 Å². The molecule has 28 heavy (non-hydrogen) atoms. The van der Waals surface area contributed by atoms with E-state index in [1.165, 1.54) is 42.5 Å². The molecule has 2 N–H and O–H groups in total. The van der Waals surface area contributed by atoms with Crippen LogP contribution in [0, 0.1) is 10.1 Å². The lowest BCUT2D eigenvalue weighted by Crippen LogP contribution is -2.14. The summed E-state index contributed by atoms with van der Waals surface area (Å²) in [5.41, 5.74) is 0.154. The zero-order valence-corrected chi connectivity index (χ0v) is 14.4. The van der Waals surface area contributed by atoms with Crippen LogP contribution in [0.2, 0.25) is 0 Å². The summed E-state index contributed by atoms with van der Waals surface area (Å²) >= 11 is 0. The van der Waals surface area contributed by atoms with Crippen LogP contribution in [0.5, 0.6) is 11.5 Å². The Kier molecular flexibility index (Phi) is 5.31. The van der Waals surface area contributed by atoms with Gasteiger partial charge in [-0.05, 0) is 30.3 Å².